The van der Waals surface area contributed by atoms with Crippen molar-refractivity contribution in [1.82, 2.24) is 4.40 Å². The molecule has 3 heterocycles. The van der Waals surface area contributed by atoms with Crippen LogP contribution in [0, 0.1) is 0 Å². The number of ether oxygens (including phenoxy) is 1. The molecule has 164 valence electrons. The molecule has 0 aliphatic carbocycles. The molecule has 0 unspecified atom stereocenters. The van der Waals surface area contributed by atoms with E-state index in [1.165, 1.54) is 21.8 Å². The van der Waals surface area contributed by atoms with Crippen LogP contribution in [0.15, 0.2) is 86.0 Å². The molecule has 0 aliphatic heterocycles. The van der Waals surface area contributed by atoms with Crippen LogP contribution < -0.4 is 10.3 Å². The number of aromatic carboxylic acids is 1. The van der Waals surface area contributed by atoms with Gasteiger partial charge in [0.15, 0.2) is 0 Å². The zero-order valence-corrected chi connectivity index (χ0v) is 20.9. The van der Waals surface area contributed by atoms with Crippen LogP contribution in [-0.2, 0) is 6.61 Å². The average Bonchev–Trinajstić information content (AvgIpc) is 3.18. The minimum absolute atomic E-state index is 0.0645. The molecule has 0 saturated heterocycles. The van der Waals surface area contributed by atoms with Crippen LogP contribution in [0.25, 0.3) is 26.7 Å². The molecule has 0 radical (unpaired) electrons. The van der Waals surface area contributed by atoms with Gasteiger partial charge in [-0.2, -0.15) is 0 Å². The van der Waals surface area contributed by atoms with E-state index in [4.69, 9.17) is 4.74 Å². The molecule has 0 aliphatic rings. The van der Waals surface area contributed by atoms with E-state index < -0.39 is 5.97 Å². The van der Waals surface area contributed by atoms with E-state index in [1.54, 1.807) is 24.3 Å². The third-order valence-electron chi connectivity index (χ3n) is 5.28. The van der Waals surface area contributed by atoms with Crippen molar-refractivity contribution < 1.29 is 14.6 Å². The van der Waals surface area contributed by atoms with Gasteiger partial charge in [-0.15, -0.1) is 11.3 Å². The van der Waals surface area contributed by atoms with Crippen LogP contribution in [0.3, 0.4) is 0 Å². The van der Waals surface area contributed by atoms with E-state index in [2.05, 4.69) is 31.9 Å². The second-order valence-corrected chi connectivity index (χ2v) is 10.6. The van der Waals surface area contributed by atoms with Gasteiger partial charge in [0.25, 0.3) is 5.56 Å². The standard InChI is InChI=1S/C25H15Br2NO4S/c26-20-10-16-11-21(27)33-23(16)22-19(25(30)31)12-18(24(29)28(20)22)15-6-8-17(9-7-15)32-13-14-4-2-1-3-5-14/h1-12H,13H2,(H,30,31). The fraction of sp³-hybridized carbons (Fsp3) is 0.0400. The maximum Gasteiger partial charge on any atom is 0.337 e. The van der Waals surface area contributed by atoms with E-state index in [1.807, 2.05) is 42.5 Å². The second-order valence-electron chi connectivity index (χ2n) is 7.37. The molecule has 5 rings (SSSR count). The summed E-state index contributed by atoms with van der Waals surface area (Å²) in [6.07, 6.45) is 0. The van der Waals surface area contributed by atoms with Gasteiger partial charge in [-0.05, 0) is 78.7 Å². The normalized spacial score (nSPS) is 11.2. The Morgan fingerprint density at radius 1 is 1.00 bits per heavy atom. The Balaban J connectivity index is 1.60. The lowest BCUT2D eigenvalue weighted by Crippen LogP contribution is -2.20. The monoisotopic (exact) mass is 583 g/mol. The minimum atomic E-state index is -1.10. The fourth-order valence-electron chi connectivity index (χ4n) is 3.74. The Labute approximate surface area is 209 Å². The van der Waals surface area contributed by atoms with Crippen LogP contribution >= 0.6 is 43.2 Å². The van der Waals surface area contributed by atoms with Crippen molar-refractivity contribution in [2.75, 3.05) is 0 Å². The molecule has 1 N–H and O–H groups in total. The first kappa shape index (κ1) is 21.9. The molecule has 3 aromatic heterocycles. The predicted molar refractivity (Wildman–Crippen MR) is 138 cm³/mol. The first-order chi connectivity index (χ1) is 15.9. The number of pyridine rings is 2. The lowest BCUT2D eigenvalue weighted by molar-refractivity contribution is 0.0698. The summed E-state index contributed by atoms with van der Waals surface area (Å²) < 4.78 is 9.33. The van der Waals surface area contributed by atoms with Crippen molar-refractivity contribution in [3.63, 3.8) is 0 Å². The number of fused-ring (bicyclic) bond motifs is 3. The lowest BCUT2D eigenvalue weighted by atomic mass is 10.0. The van der Waals surface area contributed by atoms with Crippen LogP contribution in [0.1, 0.15) is 15.9 Å². The van der Waals surface area contributed by atoms with Crippen LogP contribution in [0.4, 0.5) is 0 Å². The van der Waals surface area contributed by atoms with Gasteiger partial charge in [0.1, 0.15) is 12.4 Å². The molecule has 8 heteroatoms. The zero-order chi connectivity index (χ0) is 23.1. The summed E-state index contributed by atoms with van der Waals surface area (Å²) >= 11 is 8.31. The largest absolute Gasteiger partial charge is 0.489 e. The van der Waals surface area contributed by atoms with Gasteiger partial charge < -0.3 is 9.84 Å². The Morgan fingerprint density at radius 2 is 1.73 bits per heavy atom. The summed E-state index contributed by atoms with van der Waals surface area (Å²) in [6, 6.07) is 22.1. The Hall–Kier alpha value is -2.94. The number of rotatable bonds is 5. The van der Waals surface area contributed by atoms with E-state index in [0.29, 0.717) is 33.6 Å². The number of hydrogen-bond acceptors (Lipinski definition) is 4. The van der Waals surface area contributed by atoms with Crippen molar-refractivity contribution in [2.24, 2.45) is 0 Å². The number of halogens is 2. The highest BCUT2D eigenvalue weighted by molar-refractivity contribution is 9.11. The fourth-order valence-corrected chi connectivity index (χ4v) is 5.98. The second kappa shape index (κ2) is 8.78. The summed E-state index contributed by atoms with van der Waals surface area (Å²) in [4.78, 5) is 25.7. The van der Waals surface area contributed by atoms with Crippen molar-refractivity contribution in [1.29, 1.82) is 0 Å². The van der Waals surface area contributed by atoms with Gasteiger partial charge in [0.05, 0.1) is 24.2 Å². The molecule has 0 spiro atoms. The van der Waals surface area contributed by atoms with Gasteiger partial charge in [-0.25, -0.2) is 4.79 Å². The molecule has 0 atom stereocenters. The maximum absolute atomic E-state index is 13.5. The number of thiophene rings is 1. The van der Waals surface area contributed by atoms with Crippen molar-refractivity contribution in [3.05, 3.63) is 103 Å². The summed E-state index contributed by atoms with van der Waals surface area (Å²) in [6.45, 7) is 0.432. The smallest absolute Gasteiger partial charge is 0.337 e. The zero-order valence-electron chi connectivity index (χ0n) is 16.9. The van der Waals surface area contributed by atoms with Gasteiger partial charge >= 0.3 is 5.97 Å². The van der Waals surface area contributed by atoms with E-state index in [9.17, 15) is 14.7 Å². The predicted octanol–water partition coefficient (Wildman–Crippen LogP) is 6.98. The molecule has 0 saturated carbocycles. The van der Waals surface area contributed by atoms with Crippen molar-refractivity contribution in [3.8, 4) is 16.9 Å². The Kier molecular flexibility index (Phi) is 5.82. The number of aromatic nitrogens is 1. The summed E-state index contributed by atoms with van der Waals surface area (Å²) in [5.41, 5.74) is 2.11. The number of hydrogen-bond donors (Lipinski definition) is 1. The van der Waals surface area contributed by atoms with E-state index >= 15 is 0 Å². The highest BCUT2D eigenvalue weighted by Crippen LogP contribution is 2.37. The molecule has 0 fully saturated rings. The molecule has 5 nitrogen and oxygen atoms in total. The minimum Gasteiger partial charge on any atom is -0.489 e. The first-order valence-electron chi connectivity index (χ1n) is 9.90. The summed E-state index contributed by atoms with van der Waals surface area (Å²) in [5, 5.41) is 10.8. The van der Waals surface area contributed by atoms with Crippen molar-refractivity contribution in [2.45, 2.75) is 6.61 Å². The number of carbonyl (C=O) groups is 1. The van der Waals surface area contributed by atoms with Gasteiger partial charge in [0.2, 0.25) is 0 Å². The van der Waals surface area contributed by atoms with Crippen molar-refractivity contribution >= 4 is 64.8 Å². The summed E-state index contributed by atoms with van der Waals surface area (Å²) in [5.74, 6) is -0.436. The summed E-state index contributed by atoms with van der Waals surface area (Å²) in [7, 11) is 0. The molecule has 0 bridgehead atoms. The van der Waals surface area contributed by atoms with Crippen LogP contribution in [0.2, 0.25) is 0 Å². The van der Waals surface area contributed by atoms with Gasteiger partial charge in [0, 0.05) is 5.56 Å². The third kappa shape index (κ3) is 4.10. The number of nitrogens with zero attached hydrogens (tertiary/aromatic N) is 1. The van der Waals surface area contributed by atoms with Gasteiger partial charge in [-0.3, -0.25) is 9.20 Å². The quantitative estimate of drug-likeness (QED) is 0.226. The molecule has 5 aromatic rings. The van der Waals surface area contributed by atoms with Crippen LogP contribution in [0.5, 0.6) is 5.75 Å². The average molecular weight is 585 g/mol. The Morgan fingerprint density at radius 3 is 2.42 bits per heavy atom. The van der Waals surface area contributed by atoms with Gasteiger partial charge in [-0.1, -0.05) is 42.5 Å². The first-order valence-corrected chi connectivity index (χ1v) is 12.3. The SMILES string of the molecule is O=C(O)c1cc(-c2ccc(OCc3ccccc3)cc2)c(=O)n2c(Br)cc3cc(Br)sc3c12. The topological polar surface area (TPSA) is 68.0 Å². The molecular formula is C25H15Br2NO4S. The lowest BCUT2D eigenvalue weighted by Gasteiger charge is -2.12. The molecule has 2 aromatic carbocycles. The van der Waals surface area contributed by atoms with Crippen LogP contribution in [-0.4, -0.2) is 15.5 Å². The highest BCUT2D eigenvalue weighted by Gasteiger charge is 2.21. The van der Waals surface area contributed by atoms with E-state index in [0.717, 1.165) is 19.4 Å². The maximum atomic E-state index is 13.5. The third-order valence-corrected chi connectivity index (χ3v) is 7.52. The Bertz CT molecular complexity index is 1570. The number of benzene rings is 2. The molecule has 0 amide bonds. The molecule has 33 heavy (non-hydrogen) atoms. The number of carboxylic acid groups (broad SMARTS) is 1. The molecular weight excluding hydrogens is 570 g/mol. The number of carboxylic acids is 1. The highest BCUT2D eigenvalue weighted by atomic mass is 79.9. The van der Waals surface area contributed by atoms with E-state index in [-0.39, 0.29) is 11.1 Å².